The van der Waals surface area contributed by atoms with Crippen LogP contribution in [-0.2, 0) is 4.74 Å². The number of anilines is 1. The Morgan fingerprint density at radius 3 is 2.50 bits per heavy atom. The SMILES string of the molecule is CCNC(=NCC1(SC)CCOCC1)NC1CCN(c2ccccc2)CC1.I. The normalized spacial score (nSPS) is 20.4. The number of ether oxygens (including phenoxy) is 1. The second-order valence-electron chi connectivity index (χ2n) is 7.44. The fourth-order valence-electron chi connectivity index (χ4n) is 3.83. The summed E-state index contributed by atoms with van der Waals surface area (Å²) in [5, 5.41) is 7.12. The van der Waals surface area contributed by atoms with Gasteiger partial charge in [-0.3, -0.25) is 4.99 Å². The number of para-hydroxylation sites is 1. The average molecular weight is 519 g/mol. The fourth-order valence-corrected chi connectivity index (χ4v) is 4.60. The van der Waals surface area contributed by atoms with Crippen LogP contribution >= 0.6 is 35.7 Å². The lowest BCUT2D eigenvalue weighted by Crippen LogP contribution is -2.49. The minimum Gasteiger partial charge on any atom is -0.381 e. The summed E-state index contributed by atoms with van der Waals surface area (Å²) in [7, 11) is 0. The molecular formula is C21H35IN4OS. The van der Waals surface area contributed by atoms with Crippen molar-refractivity contribution in [2.75, 3.05) is 50.5 Å². The summed E-state index contributed by atoms with van der Waals surface area (Å²) in [4.78, 5) is 7.44. The van der Waals surface area contributed by atoms with Crippen LogP contribution < -0.4 is 15.5 Å². The predicted octanol–water partition coefficient (Wildman–Crippen LogP) is 3.74. The number of nitrogens with zero attached hydrogens (tertiary/aromatic N) is 2. The van der Waals surface area contributed by atoms with E-state index in [1.54, 1.807) is 0 Å². The molecule has 2 fully saturated rings. The Labute approximate surface area is 191 Å². The molecule has 5 nitrogen and oxygen atoms in total. The van der Waals surface area contributed by atoms with Gasteiger partial charge in [0.15, 0.2) is 5.96 Å². The van der Waals surface area contributed by atoms with Crippen molar-refractivity contribution in [3.8, 4) is 0 Å². The highest BCUT2D eigenvalue weighted by Crippen LogP contribution is 2.34. The first-order valence-electron chi connectivity index (χ1n) is 10.2. The minimum atomic E-state index is 0. The maximum atomic E-state index is 5.55. The molecule has 0 spiro atoms. The van der Waals surface area contributed by atoms with E-state index in [-0.39, 0.29) is 28.7 Å². The van der Waals surface area contributed by atoms with Crippen LogP contribution in [0.3, 0.4) is 0 Å². The summed E-state index contributed by atoms with van der Waals surface area (Å²) in [5.74, 6) is 0.968. The lowest BCUT2D eigenvalue weighted by atomic mass is 9.99. The van der Waals surface area contributed by atoms with E-state index in [0.29, 0.717) is 6.04 Å². The van der Waals surface area contributed by atoms with E-state index in [9.17, 15) is 0 Å². The lowest BCUT2D eigenvalue weighted by Gasteiger charge is -2.36. The number of thioether (sulfide) groups is 1. The Morgan fingerprint density at radius 1 is 1.21 bits per heavy atom. The van der Waals surface area contributed by atoms with Gasteiger partial charge in [-0.15, -0.1) is 24.0 Å². The summed E-state index contributed by atoms with van der Waals surface area (Å²) >= 11 is 1.95. The second-order valence-corrected chi connectivity index (χ2v) is 8.71. The van der Waals surface area contributed by atoms with Crippen molar-refractivity contribution in [2.24, 2.45) is 4.99 Å². The number of benzene rings is 1. The van der Waals surface area contributed by atoms with E-state index in [1.165, 1.54) is 5.69 Å². The highest BCUT2D eigenvalue weighted by atomic mass is 127. The van der Waals surface area contributed by atoms with Gasteiger partial charge < -0.3 is 20.3 Å². The zero-order chi connectivity index (χ0) is 19.0. The molecule has 0 unspecified atom stereocenters. The smallest absolute Gasteiger partial charge is 0.191 e. The largest absolute Gasteiger partial charge is 0.381 e. The Morgan fingerprint density at radius 2 is 1.89 bits per heavy atom. The Bertz CT molecular complexity index is 587. The quantitative estimate of drug-likeness (QED) is 0.342. The number of hydrogen-bond donors (Lipinski definition) is 2. The standard InChI is InChI=1S/C21H34N4OS.HI/c1-3-22-20(23-17-21(27-2)11-15-26-16-12-21)24-18-9-13-25(14-10-18)19-7-5-4-6-8-19;/h4-8,18H,3,9-17H2,1-2H3,(H2,22,23,24);1H. The molecule has 0 aliphatic carbocycles. The minimum absolute atomic E-state index is 0. The van der Waals surface area contributed by atoms with Crippen LogP contribution in [0.25, 0.3) is 0 Å². The summed E-state index contributed by atoms with van der Waals surface area (Å²) in [6.45, 7) is 7.78. The number of nitrogens with one attached hydrogen (secondary N) is 2. The van der Waals surface area contributed by atoms with Crippen molar-refractivity contribution >= 4 is 47.4 Å². The van der Waals surface area contributed by atoms with Crippen molar-refractivity contribution in [1.29, 1.82) is 0 Å². The molecule has 7 heteroatoms. The molecule has 1 aromatic rings. The first-order chi connectivity index (χ1) is 13.2. The molecule has 1 aromatic carbocycles. The third-order valence-electron chi connectivity index (χ3n) is 5.66. The Balaban J connectivity index is 0.00000280. The van der Waals surface area contributed by atoms with Crippen LogP contribution in [0, 0.1) is 0 Å². The average Bonchev–Trinajstić information content (AvgIpc) is 2.74. The van der Waals surface area contributed by atoms with Crippen LogP contribution in [0.4, 0.5) is 5.69 Å². The maximum absolute atomic E-state index is 5.55. The van der Waals surface area contributed by atoms with Gasteiger partial charge in [0.1, 0.15) is 0 Å². The van der Waals surface area contributed by atoms with Crippen molar-refractivity contribution in [3.63, 3.8) is 0 Å². The van der Waals surface area contributed by atoms with Gasteiger partial charge in [0, 0.05) is 49.3 Å². The number of hydrogen-bond acceptors (Lipinski definition) is 4. The van der Waals surface area contributed by atoms with Crippen molar-refractivity contribution in [3.05, 3.63) is 30.3 Å². The van der Waals surface area contributed by atoms with E-state index in [0.717, 1.165) is 71.0 Å². The molecule has 0 atom stereocenters. The third-order valence-corrected chi connectivity index (χ3v) is 7.07. The molecule has 0 bridgehead atoms. The number of rotatable bonds is 6. The van der Waals surface area contributed by atoms with Gasteiger partial charge in [-0.1, -0.05) is 18.2 Å². The maximum Gasteiger partial charge on any atom is 0.191 e. The lowest BCUT2D eigenvalue weighted by molar-refractivity contribution is 0.0794. The molecule has 3 rings (SSSR count). The zero-order valence-electron chi connectivity index (χ0n) is 17.2. The van der Waals surface area contributed by atoms with E-state index < -0.39 is 0 Å². The molecule has 0 radical (unpaired) electrons. The van der Waals surface area contributed by atoms with Gasteiger partial charge in [0.25, 0.3) is 0 Å². The Kier molecular flexibility index (Phi) is 10.2. The van der Waals surface area contributed by atoms with Crippen LogP contribution in [0.1, 0.15) is 32.6 Å². The molecular weight excluding hydrogens is 483 g/mol. The first-order valence-corrected chi connectivity index (χ1v) is 11.4. The highest BCUT2D eigenvalue weighted by Gasteiger charge is 2.31. The highest BCUT2D eigenvalue weighted by molar-refractivity contribution is 14.0. The molecule has 0 saturated carbocycles. The molecule has 28 heavy (non-hydrogen) atoms. The number of guanidine groups is 1. The number of aliphatic imine (C=N–C) groups is 1. The van der Waals surface area contributed by atoms with Crippen molar-refractivity contribution in [2.45, 2.75) is 43.4 Å². The molecule has 2 N–H and O–H groups in total. The van der Waals surface area contributed by atoms with Crippen molar-refractivity contribution < 1.29 is 4.74 Å². The van der Waals surface area contributed by atoms with Gasteiger partial charge in [-0.05, 0) is 51.0 Å². The summed E-state index contributed by atoms with van der Waals surface area (Å²) in [5.41, 5.74) is 1.33. The zero-order valence-corrected chi connectivity index (χ0v) is 20.3. The van der Waals surface area contributed by atoms with Gasteiger partial charge in [0.2, 0.25) is 0 Å². The van der Waals surface area contributed by atoms with Crippen LogP contribution in [-0.4, -0.2) is 62.4 Å². The molecule has 2 aliphatic rings. The van der Waals surface area contributed by atoms with Crippen LogP contribution in [0.2, 0.25) is 0 Å². The summed E-state index contributed by atoms with van der Waals surface area (Å²) in [6.07, 6.45) is 6.67. The van der Waals surface area contributed by atoms with E-state index in [4.69, 9.17) is 9.73 Å². The molecule has 2 heterocycles. The van der Waals surface area contributed by atoms with Gasteiger partial charge in [-0.25, -0.2) is 0 Å². The van der Waals surface area contributed by atoms with E-state index >= 15 is 0 Å². The van der Waals surface area contributed by atoms with Gasteiger partial charge >= 0.3 is 0 Å². The molecule has 0 amide bonds. The fraction of sp³-hybridized carbons (Fsp3) is 0.667. The monoisotopic (exact) mass is 518 g/mol. The molecule has 0 aromatic heterocycles. The second kappa shape index (κ2) is 12.1. The number of halogens is 1. The number of piperidine rings is 1. The van der Waals surface area contributed by atoms with Crippen LogP contribution in [0.5, 0.6) is 0 Å². The van der Waals surface area contributed by atoms with Gasteiger partial charge in [-0.2, -0.15) is 11.8 Å². The molecule has 2 aliphatic heterocycles. The predicted molar refractivity (Wildman–Crippen MR) is 133 cm³/mol. The summed E-state index contributed by atoms with van der Waals surface area (Å²) < 4.78 is 5.78. The van der Waals surface area contributed by atoms with E-state index in [2.05, 4.69) is 59.0 Å². The first kappa shape index (κ1) is 23.6. The third kappa shape index (κ3) is 6.69. The molecule has 158 valence electrons. The van der Waals surface area contributed by atoms with Crippen LogP contribution in [0.15, 0.2) is 35.3 Å². The molecule has 2 saturated heterocycles. The Hall–Kier alpha value is -0.670. The van der Waals surface area contributed by atoms with E-state index in [1.807, 2.05) is 11.8 Å². The summed E-state index contributed by atoms with van der Waals surface area (Å²) in [6, 6.07) is 11.2. The van der Waals surface area contributed by atoms with Gasteiger partial charge in [0.05, 0.1) is 6.54 Å². The topological polar surface area (TPSA) is 48.9 Å². The van der Waals surface area contributed by atoms with Crippen molar-refractivity contribution in [1.82, 2.24) is 10.6 Å².